The Labute approximate surface area is 173 Å². The van der Waals surface area contributed by atoms with Gasteiger partial charge in [-0.3, -0.25) is 14.4 Å². The average molecular weight is 413 g/mol. The van der Waals surface area contributed by atoms with Crippen molar-refractivity contribution in [3.8, 4) is 0 Å². The number of para-hydroxylation sites is 1. The summed E-state index contributed by atoms with van der Waals surface area (Å²) in [6.07, 6.45) is 2.51. The molecule has 29 heavy (non-hydrogen) atoms. The largest absolute Gasteiger partial charge is 0.340 e. The fourth-order valence-corrected chi connectivity index (χ4v) is 4.55. The smallest absolute Gasteiger partial charge is 0.265 e. The Bertz CT molecular complexity index is 893. The van der Waals surface area contributed by atoms with E-state index in [2.05, 4.69) is 16.0 Å². The van der Waals surface area contributed by atoms with Crippen molar-refractivity contribution in [2.75, 3.05) is 25.0 Å². The molecular formula is C21H24N4O3S. The predicted molar refractivity (Wildman–Crippen MR) is 112 cm³/mol. The highest BCUT2D eigenvalue weighted by atomic mass is 32.1. The molecule has 3 heterocycles. The number of piperidine rings is 1. The van der Waals surface area contributed by atoms with Crippen LogP contribution in [0, 0.1) is 0 Å². The first kappa shape index (κ1) is 19.6. The van der Waals surface area contributed by atoms with Gasteiger partial charge < -0.3 is 20.9 Å². The minimum Gasteiger partial charge on any atom is -0.340 e. The minimum atomic E-state index is -0.515. The van der Waals surface area contributed by atoms with E-state index in [4.69, 9.17) is 0 Å². The number of carbonyl (C=O) groups excluding carboxylic acids is 3. The van der Waals surface area contributed by atoms with E-state index in [1.165, 1.54) is 11.3 Å². The zero-order chi connectivity index (χ0) is 20.2. The van der Waals surface area contributed by atoms with Crippen molar-refractivity contribution in [1.29, 1.82) is 0 Å². The third-order valence-corrected chi connectivity index (χ3v) is 6.33. The van der Waals surface area contributed by atoms with Crippen LogP contribution in [0.25, 0.3) is 0 Å². The van der Waals surface area contributed by atoms with E-state index >= 15 is 0 Å². The van der Waals surface area contributed by atoms with Gasteiger partial charge in [-0.15, -0.1) is 11.3 Å². The lowest BCUT2D eigenvalue weighted by Crippen LogP contribution is -2.47. The Balaban J connectivity index is 1.42. The number of hydrogen-bond acceptors (Lipinski definition) is 5. The van der Waals surface area contributed by atoms with E-state index in [1.807, 2.05) is 10.3 Å². The fraction of sp³-hybridized carbons (Fsp3) is 0.381. The zero-order valence-corrected chi connectivity index (χ0v) is 16.8. The number of carbonyl (C=O) groups is 3. The molecule has 7 nitrogen and oxygen atoms in total. The van der Waals surface area contributed by atoms with Crippen molar-refractivity contribution in [3.63, 3.8) is 0 Å². The van der Waals surface area contributed by atoms with E-state index in [9.17, 15) is 14.4 Å². The number of rotatable bonds is 5. The summed E-state index contributed by atoms with van der Waals surface area (Å²) in [5.74, 6) is -0.614. The van der Waals surface area contributed by atoms with Gasteiger partial charge in [0.1, 0.15) is 6.04 Å². The van der Waals surface area contributed by atoms with Crippen molar-refractivity contribution in [2.45, 2.75) is 31.3 Å². The van der Waals surface area contributed by atoms with Crippen LogP contribution in [-0.4, -0.2) is 54.3 Å². The summed E-state index contributed by atoms with van der Waals surface area (Å²) in [6, 6.07) is 10.1. The highest BCUT2D eigenvalue weighted by molar-refractivity contribution is 7.12. The van der Waals surface area contributed by atoms with Crippen molar-refractivity contribution in [1.82, 2.24) is 15.5 Å². The second-order valence-electron chi connectivity index (χ2n) is 7.30. The summed E-state index contributed by atoms with van der Waals surface area (Å²) in [5.41, 5.74) is 0.787. The molecule has 1 aromatic heterocycles. The van der Waals surface area contributed by atoms with Crippen LogP contribution in [0.2, 0.25) is 0 Å². The number of nitrogens with zero attached hydrogens (tertiary/aromatic N) is 1. The lowest BCUT2D eigenvalue weighted by Gasteiger charge is -2.31. The van der Waals surface area contributed by atoms with Crippen LogP contribution in [0.4, 0.5) is 5.69 Å². The van der Waals surface area contributed by atoms with Gasteiger partial charge in [-0.05, 0) is 55.9 Å². The maximum Gasteiger partial charge on any atom is 0.265 e. The molecule has 0 spiro atoms. The Morgan fingerprint density at radius 3 is 2.59 bits per heavy atom. The Morgan fingerprint density at radius 1 is 1.03 bits per heavy atom. The van der Waals surface area contributed by atoms with Gasteiger partial charge in [-0.2, -0.15) is 0 Å². The number of nitrogens with one attached hydrogen (secondary N) is 3. The average Bonchev–Trinajstić information content (AvgIpc) is 3.40. The molecule has 3 amide bonds. The summed E-state index contributed by atoms with van der Waals surface area (Å²) in [7, 11) is 0. The maximum absolute atomic E-state index is 12.9. The number of amides is 3. The van der Waals surface area contributed by atoms with Crippen molar-refractivity contribution >= 4 is 34.7 Å². The molecule has 152 valence electrons. The van der Waals surface area contributed by atoms with Gasteiger partial charge in [0.15, 0.2) is 0 Å². The van der Waals surface area contributed by atoms with Gasteiger partial charge in [0.2, 0.25) is 5.91 Å². The molecule has 2 aliphatic heterocycles. The zero-order valence-electron chi connectivity index (χ0n) is 16.0. The van der Waals surface area contributed by atoms with E-state index in [-0.39, 0.29) is 23.8 Å². The van der Waals surface area contributed by atoms with Crippen LogP contribution < -0.4 is 16.0 Å². The lowest BCUT2D eigenvalue weighted by atomic mass is 10.1. The number of hydrogen-bond donors (Lipinski definition) is 3. The minimum absolute atomic E-state index is 0.00893. The van der Waals surface area contributed by atoms with Crippen LogP contribution >= 0.6 is 11.3 Å². The van der Waals surface area contributed by atoms with Gasteiger partial charge in [0, 0.05) is 12.6 Å². The normalized spacial score (nSPS) is 19.9. The van der Waals surface area contributed by atoms with Gasteiger partial charge >= 0.3 is 0 Å². The van der Waals surface area contributed by atoms with E-state index in [0.29, 0.717) is 29.1 Å². The van der Waals surface area contributed by atoms with E-state index in [1.54, 1.807) is 36.4 Å². The molecule has 2 saturated heterocycles. The first-order valence-electron chi connectivity index (χ1n) is 9.89. The fourth-order valence-electron chi connectivity index (χ4n) is 3.93. The van der Waals surface area contributed by atoms with Crippen LogP contribution in [0.3, 0.4) is 0 Å². The summed E-state index contributed by atoms with van der Waals surface area (Å²) >= 11 is 1.34. The molecule has 4 rings (SSSR count). The molecule has 2 aliphatic rings. The second kappa shape index (κ2) is 8.75. The number of thiophene rings is 1. The number of benzene rings is 1. The molecular weight excluding hydrogens is 388 g/mol. The number of likely N-dealkylation sites (tertiary alicyclic amines) is 1. The molecule has 1 atom stereocenters. The summed E-state index contributed by atoms with van der Waals surface area (Å²) < 4.78 is 0. The topological polar surface area (TPSA) is 90.5 Å². The van der Waals surface area contributed by atoms with Crippen LogP contribution in [0.1, 0.15) is 39.3 Å². The van der Waals surface area contributed by atoms with Crippen molar-refractivity contribution in [3.05, 3.63) is 52.2 Å². The monoisotopic (exact) mass is 412 g/mol. The van der Waals surface area contributed by atoms with Gasteiger partial charge in [-0.1, -0.05) is 18.2 Å². The first-order valence-corrected chi connectivity index (χ1v) is 10.8. The molecule has 8 heteroatoms. The molecule has 1 unspecified atom stereocenters. The van der Waals surface area contributed by atoms with Crippen molar-refractivity contribution in [2.24, 2.45) is 0 Å². The molecule has 2 aromatic rings. The van der Waals surface area contributed by atoms with E-state index < -0.39 is 6.04 Å². The van der Waals surface area contributed by atoms with Crippen molar-refractivity contribution < 1.29 is 14.4 Å². The Kier molecular flexibility index (Phi) is 5.92. The van der Waals surface area contributed by atoms with Crippen LogP contribution in [0.5, 0.6) is 0 Å². The summed E-state index contributed by atoms with van der Waals surface area (Å²) in [6.45, 7) is 2.51. The molecule has 3 N–H and O–H groups in total. The lowest BCUT2D eigenvalue weighted by molar-refractivity contribution is -0.131. The highest BCUT2D eigenvalue weighted by Gasteiger charge is 2.37. The first-order chi connectivity index (χ1) is 14.1. The third-order valence-electron chi connectivity index (χ3n) is 5.46. The van der Waals surface area contributed by atoms with Gasteiger partial charge in [-0.25, -0.2) is 0 Å². The van der Waals surface area contributed by atoms with E-state index in [0.717, 1.165) is 25.9 Å². The summed E-state index contributed by atoms with van der Waals surface area (Å²) in [5, 5.41) is 10.8. The Morgan fingerprint density at radius 2 is 1.83 bits per heavy atom. The SMILES string of the molecule is O=C(Nc1ccccc1C(=O)NC1CCN(C2CCNCC2)C1=O)c1cccs1. The number of anilines is 1. The third kappa shape index (κ3) is 4.33. The molecule has 0 saturated carbocycles. The predicted octanol–water partition coefficient (Wildman–Crippen LogP) is 2.08. The molecule has 0 bridgehead atoms. The van der Waals surface area contributed by atoms with Gasteiger partial charge in [0.05, 0.1) is 16.1 Å². The molecule has 1 aromatic carbocycles. The molecule has 0 aliphatic carbocycles. The molecule has 0 radical (unpaired) electrons. The van der Waals surface area contributed by atoms with Gasteiger partial charge in [0.25, 0.3) is 11.8 Å². The summed E-state index contributed by atoms with van der Waals surface area (Å²) in [4.78, 5) is 40.5. The standard InChI is InChI=1S/C21H24N4O3S/c26-19(24-17-9-12-25(21(17)28)14-7-10-22-11-8-14)15-4-1-2-5-16(15)23-20(27)18-6-3-13-29-18/h1-6,13-14,17,22H,7-12H2,(H,23,27)(H,24,26). The molecule has 2 fully saturated rings. The van der Waals surface area contributed by atoms with Crippen LogP contribution in [-0.2, 0) is 4.79 Å². The van der Waals surface area contributed by atoms with Crippen LogP contribution in [0.15, 0.2) is 41.8 Å². The highest BCUT2D eigenvalue weighted by Crippen LogP contribution is 2.22. The Hall–Kier alpha value is -2.71. The quantitative estimate of drug-likeness (QED) is 0.701. The second-order valence-corrected chi connectivity index (χ2v) is 8.25. The maximum atomic E-state index is 12.9.